The van der Waals surface area contributed by atoms with E-state index < -0.39 is 112 Å². The second kappa shape index (κ2) is 30.7. The summed E-state index contributed by atoms with van der Waals surface area (Å²) >= 11 is 0. The highest BCUT2D eigenvalue weighted by molar-refractivity contribution is 5.94. The molecule has 3 aliphatic carbocycles. The van der Waals surface area contributed by atoms with Gasteiger partial charge < -0.3 is 54.5 Å². The number of carbonyl (C=O) groups excluding carboxylic acids is 5. The van der Waals surface area contributed by atoms with Crippen LogP contribution in [-0.4, -0.2) is 122 Å². The fourth-order valence-corrected chi connectivity index (χ4v) is 12.9. The molecule has 2 bridgehead atoms. The van der Waals surface area contributed by atoms with Gasteiger partial charge in [-0.15, -0.1) is 0 Å². The van der Waals surface area contributed by atoms with Crippen LogP contribution in [0.1, 0.15) is 226 Å². The number of fused-ring (bicyclic) bond motifs is 5. The van der Waals surface area contributed by atoms with Crippen molar-refractivity contribution < 1.29 is 73.2 Å². The summed E-state index contributed by atoms with van der Waals surface area (Å²) in [5.41, 5.74) is -8.14. The maximum absolute atomic E-state index is 14.9. The third-order valence-electron chi connectivity index (χ3n) is 17.6. The molecule has 4 aliphatic rings. The van der Waals surface area contributed by atoms with Gasteiger partial charge in [0.25, 0.3) is 0 Å². The Labute approximate surface area is 482 Å². The smallest absolute Gasteiger partial charge is 0.408 e. The van der Waals surface area contributed by atoms with E-state index >= 15 is 0 Å². The fourth-order valence-electron chi connectivity index (χ4n) is 12.9. The van der Waals surface area contributed by atoms with Crippen LogP contribution in [0.25, 0.3) is 0 Å². The first-order chi connectivity index (χ1) is 38.4. The topological polar surface area (TPSA) is 245 Å². The highest BCUT2D eigenvalue weighted by atomic mass is 16.6. The Bertz CT molecular complexity index is 2330. The standard InChI is InChI=1S/C43H53NO14.C22H46O/c1-22-26(55-37(51)32(48)30(24-15-11-9-12-16-24)44-38(52)58-39(3,4)5)20-43(53)35(56-36(50)25-17-13-10-14-18-25)33-41(8,34(49)31(47)29(22)40(43,6)7)27(46)19-28-42(33,21-54-28)57-23(2)45;1-2-3-4-5-6-7-8-9-10-11-12-13-14-15-16-17-18-19-20-21-22-23/h9-18,26-28,30-33,35,46-48,53H,19-21H2,1-8H3,(H,44,52);23H,2-22H2,1H3/t26-,27-,28+,30-,31+,32+,33-,35-,41+,42-,43+;/m0./s1. The minimum absolute atomic E-state index is 0.0637. The van der Waals surface area contributed by atoms with Gasteiger partial charge in [0, 0.05) is 31.8 Å². The monoisotopic (exact) mass is 1130 g/mol. The molecule has 6 rings (SSSR count). The van der Waals surface area contributed by atoms with E-state index in [0.717, 1.165) is 13.3 Å². The summed E-state index contributed by atoms with van der Waals surface area (Å²) in [5.74, 6) is -5.36. The number of ether oxygens (including phenoxy) is 5. The van der Waals surface area contributed by atoms with Gasteiger partial charge in [-0.3, -0.25) is 9.59 Å². The van der Waals surface area contributed by atoms with E-state index in [-0.39, 0.29) is 29.7 Å². The Hall–Kier alpha value is -4.71. The average molecular weight is 1130 g/mol. The Morgan fingerprint density at radius 2 is 1.25 bits per heavy atom. The quantitative estimate of drug-likeness (QED) is 0.0201. The molecule has 0 spiro atoms. The van der Waals surface area contributed by atoms with Crippen molar-refractivity contribution in [2.75, 3.05) is 13.2 Å². The number of rotatable bonds is 28. The van der Waals surface area contributed by atoms with Gasteiger partial charge in [-0.2, -0.15) is 0 Å². The van der Waals surface area contributed by atoms with Gasteiger partial charge >= 0.3 is 24.0 Å². The highest BCUT2D eigenvalue weighted by Gasteiger charge is 2.78. The zero-order valence-electron chi connectivity index (χ0n) is 50.2. The lowest BCUT2D eigenvalue weighted by molar-refractivity contribution is -0.346. The molecule has 3 fully saturated rings. The molecule has 454 valence electrons. The summed E-state index contributed by atoms with van der Waals surface area (Å²) < 4.78 is 29.5. The van der Waals surface area contributed by atoms with Crippen LogP contribution >= 0.6 is 0 Å². The number of alkyl carbamates (subject to hydrolysis) is 1. The first-order valence-corrected chi connectivity index (χ1v) is 30.4. The third-order valence-corrected chi connectivity index (χ3v) is 17.6. The number of carbonyl (C=O) groups is 5. The first kappa shape index (κ1) is 67.1. The van der Waals surface area contributed by atoms with Crippen LogP contribution in [0, 0.1) is 16.7 Å². The normalized spacial score (nSPS) is 27.3. The van der Waals surface area contributed by atoms with E-state index in [4.69, 9.17) is 28.8 Å². The lowest BCUT2D eigenvalue weighted by atomic mass is 9.44. The van der Waals surface area contributed by atoms with Gasteiger partial charge in [-0.05, 0) is 69.9 Å². The Morgan fingerprint density at radius 3 is 1.70 bits per heavy atom. The second-order valence-corrected chi connectivity index (χ2v) is 25.0. The van der Waals surface area contributed by atoms with Crippen molar-refractivity contribution in [1.82, 2.24) is 5.32 Å². The molecular weight excluding hydrogens is 1030 g/mol. The molecule has 1 saturated heterocycles. The number of hydrogen-bond donors (Lipinski definition) is 6. The van der Waals surface area contributed by atoms with Gasteiger partial charge in [0.1, 0.15) is 35.6 Å². The molecule has 81 heavy (non-hydrogen) atoms. The van der Waals surface area contributed by atoms with E-state index in [2.05, 4.69) is 12.2 Å². The number of esters is 3. The van der Waals surface area contributed by atoms with Gasteiger partial charge in [-0.25, -0.2) is 14.4 Å². The van der Waals surface area contributed by atoms with E-state index in [0.29, 0.717) is 12.2 Å². The minimum Gasteiger partial charge on any atom is -0.456 e. The average Bonchev–Trinajstić information content (AvgIpc) is 3.41. The number of unbranched alkanes of at least 4 members (excludes halogenated alkanes) is 19. The van der Waals surface area contributed by atoms with Crippen molar-refractivity contribution in [3.63, 3.8) is 0 Å². The minimum atomic E-state index is -2.35. The predicted octanol–water partition coefficient (Wildman–Crippen LogP) is 11.1. The van der Waals surface area contributed by atoms with Crippen LogP contribution in [-0.2, 0) is 38.1 Å². The van der Waals surface area contributed by atoms with E-state index in [1.165, 1.54) is 148 Å². The van der Waals surface area contributed by atoms with Crippen LogP contribution in [0.15, 0.2) is 71.8 Å². The van der Waals surface area contributed by atoms with Gasteiger partial charge in [-0.1, -0.05) is 191 Å². The molecule has 16 heteroatoms. The van der Waals surface area contributed by atoms with Crippen LogP contribution < -0.4 is 5.32 Å². The molecule has 16 nitrogen and oxygen atoms in total. The number of aliphatic hydroxyl groups is 5. The zero-order chi connectivity index (χ0) is 59.6. The van der Waals surface area contributed by atoms with Gasteiger partial charge in [0.2, 0.25) is 0 Å². The molecule has 11 atom stereocenters. The third kappa shape index (κ3) is 16.8. The number of Topliss-reactive ketones (excluding diaryl/α,β-unsaturated/α-hetero) is 1. The molecule has 1 aliphatic heterocycles. The Kier molecular flexibility index (Phi) is 25.4. The predicted molar refractivity (Wildman–Crippen MR) is 309 cm³/mol. The van der Waals surface area contributed by atoms with E-state index in [1.807, 2.05) is 0 Å². The fraction of sp³-hybridized carbons (Fsp3) is 0.708. The van der Waals surface area contributed by atoms with Gasteiger partial charge in [0.15, 0.2) is 17.5 Å². The SMILES string of the molecule is CC(=O)O[C@@]12CO[C@@H]1C[C@H](O)[C@@]1(C)C(=O)[C@H](O)C3=C(C)[C@@H](OC(=O)[C@H](O)[C@@H](NC(=O)OC(C)(C)C)c4ccccc4)C[C@@](O)([C@@H](OC(=O)c4ccccc4)[C@H]21)C3(C)C.CCCCCCCCCCCCCCCCCCCCCCO. The largest absolute Gasteiger partial charge is 0.456 e. The molecule has 0 radical (unpaired) electrons. The number of hydrogen-bond acceptors (Lipinski definition) is 15. The molecule has 6 N–H and O–H groups in total. The lowest BCUT2D eigenvalue weighted by Crippen LogP contribution is -2.81. The Morgan fingerprint density at radius 1 is 0.753 bits per heavy atom. The molecule has 1 heterocycles. The van der Waals surface area contributed by atoms with E-state index in [9.17, 15) is 44.4 Å². The molecule has 2 saturated carbocycles. The van der Waals surface area contributed by atoms with Crippen LogP contribution in [0.4, 0.5) is 4.79 Å². The molecule has 0 aromatic heterocycles. The van der Waals surface area contributed by atoms with Gasteiger partial charge in [0.05, 0.1) is 35.6 Å². The zero-order valence-corrected chi connectivity index (χ0v) is 50.2. The molecular formula is C65H99NO15. The van der Waals surface area contributed by atoms with Crippen LogP contribution in [0.3, 0.4) is 0 Å². The summed E-state index contributed by atoms with van der Waals surface area (Å²) in [6.07, 6.45) is 16.6. The van der Waals surface area contributed by atoms with Crippen molar-refractivity contribution in [2.24, 2.45) is 16.7 Å². The van der Waals surface area contributed by atoms with Crippen molar-refractivity contribution >= 4 is 29.8 Å². The molecule has 2 aromatic rings. The highest BCUT2D eigenvalue weighted by Crippen LogP contribution is 2.64. The first-order valence-electron chi connectivity index (χ1n) is 30.4. The number of aliphatic hydroxyl groups excluding tert-OH is 4. The van der Waals surface area contributed by atoms with Crippen LogP contribution in [0.2, 0.25) is 0 Å². The van der Waals surface area contributed by atoms with E-state index in [1.54, 1.807) is 83.1 Å². The maximum Gasteiger partial charge on any atom is 0.408 e. The number of nitrogens with one attached hydrogen (secondary N) is 1. The Balaban J connectivity index is 0.000000442. The maximum atomic E-state index is 14.9. The van der Waals surface area contributed by atoms with Crippen LogP contribution in [0.5, 0.6) is 0 Å². The number of amides is 1. The van der Waals surface area contributed by atoms with Crippen molar-refractivity contribution in [1.29, 1.82) is 0 Å². The summed E-state index contributed by atoms with van der Waals surface area (Å²) in [6, 6.07) is 14.6. The van der Waals surface area contributed by atoms with Crippen molar-refractivity contribution in [2.45, 2.75) is 263 Å². The molecule has 2 aromatic carbocycles. The molecule has 1 amide bonds. The molecule has 0 unspecified atom stereocenters. The van der Waals surface area contributed by atoms with Crippen molar-refractivity contribution in [3.8, 4) is 0 Å². The second-order valence-electron chi connectivity index (χ2n) is 25.0. The summed E-state index contributed by atoms with van der Waals surface area (Å²) in [6.45, 7) is 14.5. The van der Waals surface area contributed by atoms with Crippen molar-refractivity contribution in [3.05, 3.63) is 82.9 Å². The lowest BCUT2D eigenvalue weighted by Gasteiger charge is -2.67. The summed E-state index contributed by atoms with van der Waals surface area (Å²) in [4.78, 5) is 68.9. The summed E-state index contributed by atoms with van der Waals surface area (Å²) in [7, 11) is 0. The summed E-state index contributed by atoms with van der Waals surface area (Å²) in [5, 5.41) is 60.3. The number of ketones is 1. The number of benzene rings is 2.